The third-order valence-electron chi connectivity index (χ3n) is 9.99. The number of hydrogen-bond acceptors (Lipinski definition) is 5. The van der Waals surface area contributed by atoms with E-state index in [0.29, 0.717) is 26.1 Å². The first kappa shape index (κ1) is 34.3. The molecule has 3 amide bonds. The van der Waals surface area contributed by atoms with Gasteiger partial charge in [-0.1, -0.05) is 60.6 Å². The van der Waals surface area contributed by atoms with Gasteiger partial charge in [-0.15, -0.1) is 13.2 Å². The zero-order chi connectivity index (χ0) is 32.0. The highest BCUT2D eigenvalue weighted by Gasteiger charge is 2.80. The second kappa shape index (κ2) is 12.1. The third-order valence-corrected chi connectivity index (χ3v) is 9.99. The van der Waals surface area contributed by atoms with E-state index in [-0.39, 0.29) is 41.6 Å². The Kier molecular flexibility index (Phi) is 9.85. The molecule has 1 N–H and O–H groups in total. The lowest BCUT2D eigenvalue weighted by Crippen LogP contribution is -2.63. The zero-order valence-corrected chi connectivity index (χ0v) is 27.9. The highest BCUT2D eigenvalue weighted by molar-refractivity contribution is 5.99. The number of amides is 3. The summed E-state index contributed by atoms with van der Waals surface area (Å²) in [6.07, 6.45) is 5.43. The van der Waals surface area contributed by atoms with Crippen LogP contribution in [0.3, 0.4) is 0 Å². The summed E-state index contributed by atoms with van der Waals surface area (Å²) in [5.41, 5.74) is -2.68. The highest BCUT2D eigenvalue weighted by Crippen LogP contribution is 2.66. The predicted octanol–water partition coefficient (Wildman–Crippen LogP) is 4.67. The maximum absolute atomic E-state index is 15.0. The largest absolute Gasteiger partial charge is 0.394 e. The Morgan fingerprint density at radius 2 is 1.74 bits per heavy atom. The lowest BCUT2D eigenvalue weighted by Gasteiger charge is -2.47. The first-order valence-electron chi connectivity index (χ1n) is 15.8. The van der Waals surface area contributed by atoms with Gasteiger partial charge in [-0.25, -0.2) is 0 Å². The van der Waals surface area contributed by atoms with Crippen LogP contribution in [0.2, 0.25) is 0 Å². The molecule has 1 spiro atoms. The van der Waals surface area contributed by atoms with Crippen molar-refractivity contribution in [3.8, 4) is 0 Å². The van der Waals surface area contributed by atoms with Gasteiger partial charge in [-0.05, 0) is 57.3 Å². The highest BCUT2D eigenvalue weighted by atomic mass is 16.5. The summed E-state index contributed by atoms with van der Waals surface area (Å²) in [4.78, 5) is 49.3. The Bertz CT molecular complexity index is 1060. The van der Waals surface area contributed by atoms with E-state index in [2.05, 4.69) is 54.7 Å². The van der Waals surface area contributed by atoms with Gasteiger partial charge in [0, 0.05) is 25.2 Å². The van der Waals surface area contributed by atoms with Gasteiger partial charge in [0.2, 0.25) is 17.7 Å². The maximum Gasteiger partial charge on any atom is 0.249 e. The van der Waals surface area contributed by atoms with Gasteiger partial charge < -0.3 is 24.5 Å². The average molecular weight is 588 g/mol. The van der Waals surface area contributed by atoms with Crippen molar-refractivity contribution < 1.29 is 24.2 Å². The molecule has 3 unspecified atom stereocenters. The molecule has 0 aromatic heterocycles. The normalized spacial score (nSPS) is 31.3. The molecule has 8 nitrogen and oxygen atoms in total. The van der Waals surface area contributed by atoms with Gasteiger partial charge in [0.25, 0.3) is 0 Å². The number of aliphatic hydroxyl groups is 1. The van der Waals surface area contributed by atoms with Crippen molar-refractivity contribution in [3.63, 3.8) is 0 Å². The van der Waals surface area contributed by atoms with Crippen molar-refractivity contribution in [3.05, 3.63) is 25.3 Å². The van der Waals surface area contributed by atoms with E-state index in [1.165, 1.54) is 0 Å². The van der Waals surface area contributed by atoms with Crippen molar-refractivity contribution in [2.24, 2.45) is 29.1 Å². The molecule has 238 valence electrons. The van der Waals surface area contributed by atoms with Crippen LogP contribution in [0.1, 0.15) is 88.5 Å². The molecule has 0 saturated carbocycles. The summed E-state index contributed by atoms with van der Waals surface area (Å²) in [5, 5.41) is 10.6. The van der Waals surface area contributed by atoms with Crippen LogP contribution >= 0.6 is 0 Å². The zero-order valence-electron chi connectivity index (χ0n) is 27.9. The Morgan fingerprint density at radius 3 is 2.21 bits per heavy atom. The topological polar surface area (TPSA) is 90.4 Å². The van der Waals surface area contributed by atoms with E-state index in [0.717, 1.165) is 12.8 Å². The van der Waals surface area contributed by atoms with Crippen LogP contribution in [0.15, 0.2) is 25.3 Å². The Balaban J connectivity index is 2.24. The van der Waals surface area contributed by atoms with Crippen LogP contribution in [0.25, 0.3) is 0 Å². The smallest absolute Gasteiger partial charge is 0.249 e. The van der Waals surface area contributed by atoms with Crippen LogP contribution in [0.5, 0.6) is 0 Å². The molecule has 42 heavy (non-hydrogen) atoms. The van der Waals surface area contributed by atoms with Gasteiger partial charge >= 0.3 is 0 Å². The fourth-order valence-electron chi connectivity index (χ4n) is 8.53. The molecule has 2 bridgehead atoms. The monoisotopic (exact) mass is 587 g/mol. The molecule has 3 saturated heterocycles. The van der Waals surface area contributed by atoms with Gasteiger partial charge in [0.15, 0.2) is 0 Å². The Hall–Kier alpha value is -2.19. The Labute approximate surface area is 254 Å². The van der Waals surface area contributed by atoms with Crippen molar-refractivity contribution in [1.82, 2.24) is 14.7 Å². The maximum atomic E-state index is 15.0. The number of likely N-dealkylation sites (tertiary alicyclic amines) is 1. The summed E-state index contributed by atoms with van der Waals surface area (Å²) in [7, 11) is 0. The minimum Gasteiger partial charge on any atom is -0.394 e. The second-order valence-electron chi connectivity index (χ2n) is 15.3. The summed E-state index contributed by atoms with van der Waals surface area (Å²) in [6, 6.07) is -1.56. The van der Waals surface area contributed by atoms with Crippen molar-refractivity contribution in [2.75, 3.05) is 26.2 Å². The number of rotatable bonds is 13. The number of fused-ring (bicyclic) bond motifs is 1. The number of aliphatic hydroxyl groups excluding tert-OH is 1. The number of nitrogens with zero attached hydrogens (tertiary/aromatic N) is 3. The van der Waals surface area contributed by atoms with Crippen molar-refractivity contribution in [1.29, 1.82) is 0 Å². The van der Waals surface area contributed by atoms with E-state index >= 15 is 4.79 Å². The molecule has 0 aromatic rings. The molecule has 0 radical (unpaired) electrons. The van der Waals surface area contributed by atoms with Crippen LogP contribution in [0, 0.1) is 29.1 Å². The average Bonchev–Trinajstić information content (AvgIpc) is 3.37. The van der Waals surface area contributed by atoms with E-state index in [9.17, 15) is 14.7 Å². The first-order chi connectivity index (χ1) is 19.4. The third kappa shape index (κ3) is 5.58. The van der Waals surface area contributed by atoms with Gasteiger partial charge in [0.1, 0.15) is 11.6 Å². The molecule has 0 aliphatic carbocycles. The molecule has 3 heterocycles. The minimum atomic E-state index is -1.17. The number of ether oxygens (including phenoxy) is 1. The number of carbonyl (C=O) groups is 3. The number of hydrogen-bond donors (Lipinski definition) is 1. The van der Waals surface area contributed by atoms with E-state index in [4.69, 9.17) is 4.74 Å². The second-order valence-corrected chi connectivity index (χ2v) is 15.3. The standard InChI is InChI=1S/C34H57N3O5/c1-13-16-35(17-14-2)28(39)25-26-29(40)37(24(20-38)22(4)5)27(34(26)19-23(6)33(25,12)42-34)30(41)36(18-15-3)32(10,11)21-31(7,8)9/h13,15,22-27,38H,1,3,14,16-21H2,2,4-12H3/t23?,24-,25-,26-,27?,33+,34?/m0/s1. The van der Waals surface area contributed by atoms with Crippen molar-refractivity contribution >= 4 is 17.7 Å². The molecular weight excluding hydrogens is 530 g/mol. The van der Waals surface area contributed by atoms with Gasteiger partial charge in [-0.3, -0.25) is 14.4 Å². The van der Waals surface area contributed by atoms with E-state index in [1.807, 2.05) is 32.6 Å². The summed E-state index contributed by atoms with van der Waals surface area (Å²) >= 11 is 0. The van der Waals surface area contributed by atoms with Crippen LogP contribution in [0.4, 0.5) is 0 Å². The molecule has 3 aliphatic rings. The van der Waals surface area contributed by atoms with Crippen molar-refractivity contribution in [2.45, 2.75) is 117 Å². The number of carbonyl (C=O) groups excluding carboxylic acids is 3. The van der Waals surface area contributed by atoms with Gasteiger partial charge in [-0.2, -0.15) is 0 Å². The molecule has 3 fully saturated rings. The quantitative estimate of drug-likeness (QED) is 0.317. The molecule has 0 aromatic carbocycles. The molecule has 7 atom stereocenters. The lowest BCUT2D eigenvalue weighted by atomic mass is 9.62. The minimum absolute atomic E-state index is 0.0555. The molecule has 8 heteroatoms. The molecular formula is C34H57N3O5. The fourth-order valence-corrected chi connectivity index (χ4v) is 8.53. The van der Waals surface area contributed by atoms with Gasteiger partial charge in [0.05, 0.1) is 30.1 Å². The lowest BCUT2D eigenvalue weighted by molar-refractivity contribution is -0.161. The summed E-state index contributed by atoms with van der Waals surface area (Å²) in [5.74, 6) is -2.31. The fraction of sp³-hybridized carbons (Fsp3) is 0.794. The summed E-state index contributed by atoms with van der Waals surface area (Å²) in [6.45, 7) is 29.3. The summed E-state index contributed by atoms with van der Waals surface area (Å²) < 4.78 is 6.98. The van der Waals surface area contributed by atoms with Crippen LogP contribution in [-0.2, 0) is 19.1 Å². The SMILES string of the molecule is C=CCN(CCC)C(=O)[C@@H]1[C@H]2C(=O)N([C@@H](CO)C(C)C)C(C(=O)N(CC=C)C(C)(C)CC(C)(C)C)C23CC(C)[C@@]1(C)O3. The first-order valence-corrected chi connectivity index (χ1v) is 15.8. The Morgan fingerprint density at radius 1 is 1.14 bits per heavy atom. The van der Waals surface area contributed by atoms with E-state index < -0.39 is 40.7 Å². The molecule has 3 aliphatic heterocycles. The van der Waals surface area contributed by atoms with Crippen LogP contribution in [-0.4, -0.2) is 92.6 Å². The molecule has 3 rings (SSSR count). The van der Waals surface area contributed by atoms with Crippen LogP contribution < -0.4 is 0 Å². The van der Waals surface area contributed by atoms with E-state index in [1.54, 1.807) is 22.0 Å². The predicted molar refractivity (Wildman–Crippen MR) is 166 cm³/mol.